The van der Waals surface area contributed by atoms with Crippen LogP contribution in [0.4, 0.5) is 5.82 Å². The van der Waals surface area contributed by atoms with Gasteiger partial charge < -0.3 is 10.5 Å². The quantitative estimate of drug-likeness (QED) is 0.834. The fourth-order valence-corrected chi connectivity index (χ4v) is 2.21. The lowest BCUT2D eigenvalue weighted by Crippen LogP contribution is -2.12. The fraction of sp³-hybridized carbons (Fsp3) is 0.692. The molecule has 1 atom stereocenters. The van der Waals surface area contributed by atoms with Crippen LogP contribution in [0.1, 0.15) is 57.7 Å². The summed E-state index contributed by atoms with van der Waals surface area (Å²) in [6.07, 6.45) is 3.83. The van der Waals surface area contributed by atoms with Gasteiger partial charge in [0.1, 0.15) is 11.9 Å². The lowest BCUT2D eigenvalue weighted by atomic mass is 10.2. The van der Waals surface area contributed by atoms with Crippen molar-refractivity contribution in [2.45, 2.75) is 52.6 Å². The summed E-state index contributed by atoms with van der Waals surface area (Å²) in [6, 6.07) is 0. The van der Waals surface area contributed by atoms with E-state index in [2.05, 4.69) is 39.7 Å². The molecule has 0 aliphatic heterocycles. The van der Waals surface area contributed by atoms with Crippen molar-refractivity contribution >= 4 is 21.7 Å². The predicted octanol–water partition coefficient (Wildman–Crippen LogP) is 3.65. The maximum Gasteiger partial charge on any atom is 0.159 e. The second-order valence-electron chi connectivity index (χ2n) is 4.21. The van der Waals surface area contributed by atoms with Gasteiger partial charge in [0.15, 0.2) is 5.82 Å². The summed E-state index contributed by atoms with van der Waals surface area (Å²) in [4.78, 5) is 8.95. The topological polar surface area (TPSA) is 61.0 Å². The van der Waals surface area contributed by atoms with Crippen LogP contribution >= 0.6 is 15.9 Å². The van der Waals surface area contributed by atoms with Crippen LogP contribution in [0.15, 0.2) is 4.47 Å². The van der Waals surface area contributed by atoms with Crippen molar-refractivity contribution in [1.29, 1.82) is 0 Å². The van der Waals surface area contributed by atoms with Crippen molar-refractivity contribution in [3.8, 4) is 0 Å². The molecule has 0 aliphatic carbocycles. The second kappa shape index (κ2) is 7.69. The zero-order valence-electron chi connectivity index (χ0n) is 11.4. The summed E-state index contributed by atoms with van der Waals surface area (Å²) in [5.74, 6) is 1.21. The SMILES string of the molecule is CCCc1nc(C(CCC)OCC)nc(N)c1Br. The molecule has 0 spiro atoms. The molecule has 1 heterocycles. The lowest BCUT2D eigenvalue weighted by molar-refractivity contribution is 0.0493. The van der Waals surface area contributed by atoms with Crippen molar-refractivity contribution in [2.75, 3.05) is 12.3 Å². The smallest absolute Gasteiger partial charge is 0.159 e. The number of hydrogen-bond acceptors (Lipinski definition) is 4. The van der Waals surface area contributed by atoms with E-state index in [9.17, 15) is 0 Å². The number of rotatable bonds is 7. The zero-order chi connectivity index (χ0) is 13.5. The number of halogens is 1. The highest BCUT2D eigenvalue weighted by Crippen LogP contribution is 2.27. The molecule has 0 saturated heterocycles. The zero-order valence-corrected chi connectivity index (χ0v) is 13.0. The van der Waals surface area contributed by atoms with Crippen LogP contribution in [0.5, 0.6) is 0 Å². The number of hydrogen-bond donors (Lipinski definition) is 1. The first-order chi connectivity index (χ1) is 8.63. The van der Waals surface area contributed by atoms with Crippen LogP contribution in [0, 0.1) is 0 Å². The molecule has 1 unspecified atom stereocenters. The average Bonchev–Trinajstić information content (AvgIpc) is 2.34. The first kappa shape index (κ1) is 15.4. The molecular weight excluding hydrogens is 294 g/mol. The van der Waals surface area contributed by atoms with Crippen molar-refractivity contribution in [3.05, 3.63) is 16.0 Å². The molecule has 1 rings (SSSR count). The maximum absolute atomic E-state index is 5.93. The van der Waals surface area contributed by atoms with Gasteiger partial charge in [0, 0.05) is 6.61 Å². The van der Waals surface area contributed by atoms with E-state index >= 15 is 0 Å². The van der Waals surface area contributed by atoms with Gasteiger partial charge in [0.25, 0.3) is 0 Å². The van der Waals surface area contributed by atoms with Gasteiger partial charge in [-0.15, -0.1) is 0 Å². The van der Waals surface area contributed by atoms with E-state index < -0.39 is 0 Å². The molecule has 5 heteroatoms. The number of anilines is 1. The molecule has 0 aromatic carbocycles. The highest BCUT2D eigenvalue weighted by atomic mass is 79.9. The Balaban J connectivity index is 3.06. The van der Waals surface area contributed by atoms with Crippen LogP contribution in [0.25, 0.3) is 0 Å². The van der Waals surface area contributed by atoms with Gasteiger partial charge in [-0.25, -0.2) is 9.97 Å². The normalized spacial score (nSPS) is 12.7. The number of aromatic nitrogens is 2. The number of nitrogen functional groups attached to an aromatic ring is 1. The van der Waals surface area contributed by atoms with Crippen LogP contribution < -0.4 is 5.73 Å². The maximum atomic E-state index is 5.93. The van der Waals surface area contributed by atoms with Crippen molar-refractivity contribution in [1.82, 2.24) is 9.97 Å². The minimum Gasteiger partial charge on any atom is -0.383 e. The van der Waals surface area contributed by atoms with E-state index in [1.165, 1.54) is 0 Å². The Hall–Kier alpha value is -0.680. The molecule has 0 fully saturated rings. The van der Waals surface area contributed by atoms with Gasteiger partial charge in [-0.05, 0) is 35.7 Å². The van der Waals surface area contributed by atoms with Crippen molar-refractivity contribution in [2.24, 2.45) is 0 Å². The first-order valence-corrected chi connectivity index (χ1v) is 7.36. The number of aryl methyl sites for hydroxylation is 1. The second-order valence-corrected chi connectivity index (χ2v) is 5.00. The van der Waals surface area contributed by atoms with E-state index in [0.29, 0.717) is 18.2 Å². The van der Waals surface area contributed by atoms with Crippen LogP contribution in [-0.4, -0.2) is 16.6 Å². The summed E-state index contributed by atoms with van der Waals surface area (Å²) >= 11 is 3.45. The first-order valence-electron chi connectivity index (χ1n) is 6.57. The number of nitrogens with two attached hydrogens (primary N) is 1. The molecule has 102 valence electrons. The van der Waals surface area contributed by atoms with Crippen LogP contribution in [0.2, 0.25) is 0 Å². The summed E-state index contributed by atoms with van der Waals surface area (Å²) in [5.41, 5.74) is 6.90. The standard InChI is InChI=1S/C13H22BrN3O/c1-4-7-9-11(14)12(15)17-13(16-9)10(8-5-2)18-6-3/h10H,4-8H2,1-3H3,(H2,15,16,17). The molecule has 1 aromatic heterocycles. The third-order valence-electron chi connectivity index (χ3n) is 2.66. The third-order valence-corrected chi connectivity index (χ3v) is 3.52. The monoisotopic (exact) mass is 315 g/mol. The Morgan fingerprint density at radius 3 is 2.50 bits per heavy atom. The molecule has 18 heavy (non-hydrogen) atoms. The van der Waals surface area contributed by atoms with Gasteiger partial charge >= 0.3 is 0 Å². The van der Waals surface area contributed by atoms with Gasteiger partial charge in [0.05, 0.1) is 10.2 Å². The molecule has 4 nitrogen and oxygen atoms in total. The van der Waals surface area contributed by atoms with Gasteiger partial charge in [-0.3, -0.25) is 0 Å². The Kier molecular flexibility index (Phi) is 6.57. The molecule has 0 aliphatic rings. The van der Waals surface area contributed by atoms with Gasteiger partial charge in [-0.2, -0.15) is 0 Å². The third kappa shape index (κ3) is 3.92. The average molecular weight is 316 g/mol. The number of ether oxygens (including phenoxy) is 1. The van der Waals surface area contributed by atoms with Gasteiger partial charge in [-0.1, -0.05) is 26.7 Å². The summed E-state index contributed by atoms with van der Waals surface area (Å²) < 4.78 is 6.52. The van der Waals surface area contributed by atoms with Crippen molar-refractivity contribution in [3.63, 3.8) is 0 Å². The van der Waals surface area contributed by atoms with Crippen LogP contribution in [-0.2, 0) is 11.2 Å². The van der Waals surface area contributed by atoms with Crippen LogP contribution in [0.3, 0.4) is 0 Å². The van der Waals surface area contributed by atoms with E-state index in [4.69, 9.17) is 10.5 Å². The Morgan fingerprint density at radius 1 is 1.22 bits per heavy atom. The van der Waals surface area contributed by atoms with E-state index in [1.54, 1.807) is 0 Å². The molecule has 2 N–H and O–H groups in total. The fourth-order valence-electron chi connectivity index (χ4n) is 1.83. The molecular formula is C13H22BrN3O. The summed E-state index contributed by atoms with van der Waals surface area (Å²) in [6.45, 7) is 6.89. The Bertz CT molecular complexity index is 379. The number of nitrogens with zero attached hydrogens (tertiary/aromatic N) is 2. The van der Waals surface area contributed by atoms with E-state index in [-0.39, 0.29) is 6.10 Å². The molecule has 0 saturated carbocycles. The van der Waals surface area contributed by atoms with Gasteiger partial charge in [0.2, 0.25) is 0 Å². The summed E-state index contributed by atoms with van der Waals surface area (Å²) in [7, 11) is 0. The predicted molar refractivity (Wildman–Crippen MR) is 77.4 cm³/mol. The molecule has 0 radical (unpaired) electrons. The van der Waals surface area contributed by atoms with E-state index in [0.717, 1.165) is 35.8 Å². The van der Waals surface area contributed by atoms with Crippen molar-refractivity contribution < 1.29 is 4.74 Å². The van der Waals surface area contributed by atoms with E-state index in [1.807, 2.05) is 6.92 Å². The minimum atomic E-state index is -0.0500. The highest BCUT2D eigenvalue weighted by molar-refractivity contribution is 9.10. The lowest BCUT2D eigenvalue weighted by Gasteiger charge is -2.17. The summed E-state index contributed by atoms with van der Waals surface area (Å²) in [5, 5.41) is 0. The molecule has 1 aromatic rings. The Morgan fingerprint density at radius 2 is 1.94 bits per heavy atom. The molecule has 0 amide bonds. The largest absolute Gasteiger partial charge is 0.383 e. The minimum absolute atomic E-state index is 0.0500. The Labute approximate surface area is 117 Å². The molecule has 0 bridgehead atoms. The highest BCUT2D eigenvalue weighted by Gasteiger charge is 2.17.